The fourth-order valence-electron chi connectivity index (χ4n) is 2.51. The van der Waals surface area contributed by atoms with Crippen LogP contribution >= 0.6 is 0 Å². The number of benzene rings is 1. The summed E-state index contributed by atoms with van der Waals surface area (Å²) in [6.45, 7) is 3.33. The summed E-state index contributed by atoms with van der Waals surface area (Å²) >= 11 is 0. The number of Topliss-reactive ketones (excluding diaryl/α,β-unsaturated/α-hetero) is 1. The predicted molar refractivity (Wildman–Crippen MR) is 76.2 cm³/mol. The third-order valence-electron chi connectivity index (χ3n) is 3.69. The lowest BCUT2D eigenvalue weighted by molar-refractivity contribution is -0.123. The molecule has 1 amide bonds. The van der Waals surface area contributed by atoms with E-state index in [1.807, 2.05) is 37.3 Å². The van der Waals surface area contributed by atoms with E-state index >= 15 is 0 Å². The molecule has 4 nitrogen and oxygen atoms in total. The number of ketones is 1. The summed E-state index contributed by atoms with van der Waals surface area (Å²) in [7, 11) is 0. The van der Waals surface area contributed by atoms with E-state index in [9.17, 15) is 9.59 Å². The monoisotopic (exact) mass is 275 g/mol. The van der Waals surface area contributed by atoms with Gasteiger partial charge in [0.1, 0.15) is 12.4 Å². The molecule has 1 aliphatic heterocycles. The summed E-state index contributed by atoms with van der Waals surface area (Å²) in [5.41, 5.74) is 0.971. The van der Waals surface area contributed by atoms with Crippen LogP contribution in [0.4, 0.5) is 4.79 Å². The molecular weight excluding hydrogens is 254 g/mol. The van der Waals surface area contributed by atoms with Crippen molar-refractivity contribution in [2.24, 2.45) is 5.92 Å². The second-order valence-corrected chi connectivity index (χ2v) is 5.15. The van der Waals surface area contributed by atoms with Gasteiger partial charge in [0.25, 0.3) is 0 Å². The van der Waals surface area contributed by atoms with E-state index in [4.69, 9.17) is 4.74 Å². The number of likely N-dealkylation sites (tertiary alicyclic amines) is 1. The van der Waals surface area contributed by atoms with Crippen molar-refractivity contribution in [2.45, 2.75) is 32.8 Å². The van der Waals surface area contributed by atoms with Crippen molar-refractivity contribution in [3.8, 4) is 0 Å². The number of carbonyl (C=O) groups excluding carboxylic acids is 2. The lowest BCUT2D eigenvalue weighted by Gasteiger charge is -2.31. The number of hydrogen-bond donors (Lipinski definition) is 0. The van der Waals surface area contributed by atoms with Crippen LogP contribution in [0.2, 0.25) is 0 Å². The summed E-state index contributed by atoms with van der Waals surface area (Å²) in [6.07, 6.45) is 1.98. The summed E-state index contributed by atoms with van der Waals surface area (Å²) in [5.74, 6) is 0.226. The third-order valence-corrected chi connectivity index (χ3v) is 3.69. The Morgan fingerprint density at radius 3 is 2.75 bits per heavy atom. The lowest BCUT2D eigenvalue weighted by Crippen LogP contribution is -2.42. The number of ether oxygens (including phenoxy) is 1. The highest BCUT2D eigenvalue weighted by atomic mass is 16.6. The first-order valence-corrected chi connectivity index (χ1v) is 7.19. The molecule has 1 unspecified atom stereocenters. The van der Waals surface area contributed by atoms with Gasteiger partial charge in [0.15, 0.2) is 0 Å². The minimum absolute atomic E-state index is 0.0157. The Balaban J connectivity index is 1.84. The molecule has 1 aromatic carbocycles. The Bertz CT molecular complexity index is 458. The maximum absolute atomic E-state index is 12.0. The molecule has 20 heavy (non-hydrogen) atoms. The Labute approximate surface area is 119 Å². The summed E-state index contributed by atoms with van der Waals surface area (Å²) in [4.78, 5) is 25.4. The first-order chi connectivity index (χ1) is 9.70. The first kappa shape index (κ1) is 14.6. The van der Waals surface area contributed by atoms with Gasteiger partial charge < -0.3 is 9.64 Å². The van der Waals surface area contributed by atoms with E-state index in [-0.39, 0.29) is 24.4 Å². The van der Waals surface area contributed by atoms with E-state index in [1.165, 1.54) is 0 Å². The number of carbonyl (C=O) groups is 2. The molecule has 1 aliphatic rings. The highest BCUT2D eigenvalue weighted by molar-refractivity contribution is 5.81. The van der Waals surface area contributed by atoms with Crippen LogP contribution in [0, 0.1) is 5.92 Å². The molecule has 108 valence electrons. The van der Waals surface area contributed by atoms with Crippen molar-refractivity contribution in [3.63, 3.8) is 0 Å². The minimum atomic E-state index is -0.317. The molecule has 0 saturated carbocycles. The zero-order chi connectivity index (χ0) is 14.4. The van der Waals surface area contributed by atoms with E-state index in [0.717, 1.165) is 18.4 Å². The van der Waals surface area contributed by atoms with Gasteiger partial charge >= 0.3 is 6.09 Å². The molecule has 2 rings (SSSR count). The van der Waals surface area contributed by atoms with Gasteiger partial charge in [-0.2, -0.15) is 0 Å². The first-order valence-electron chi connectivity index (χ1n) is 7.19. The Morgan fingerprint density at radius 2 is 2.05 bits per heavy atom. The van der Waals surface area contributed by atoms with Crippen LogP contribution in [0.5, 0.6) is 0 Å². The smallest absolute Gasteiger partial charge is 0.410 e. The molecular formula is C16H21NO3. The summed E-state index contributed by atoms with van der Waals surface area (Å²) < 4.78 is 5.30. The lowest BCUT2D eigenvalue weighted by atomic mass is 9.93. The molecule has 0 aromatic heterocycles. The number of piperidine rings is 1. The molecule has 1 saturated heterocycles. The van der Waals surface area contributed by atoms with Gasteiger partial charge in [0.05, 0.1) is 0 Å². The van der Waals surface area contributed by atoms with E-state index in [1.54, 1.807) is 4.90 Å². The quantitative estimate of drug-likeness (QED) is 0.848. The van der Waals surface area contributed by atoms with E-state index in [0.29, 0.717) is 19.5 Å². The highest BCUT2D eigenvalue weighted by Gasteiger charge is 2.28. The van der Waals surface area contributed by atoms with Gasteiger partial charge in [0, 0.05) is 25.4 Å². The predicted octanol–water partition coefficient (Wildman–Crippen LogP) is 3.01. The molecule has 4 heteroatoms. The van der Waals surface area contributed by atoms with Crippen LogP contribution in [0.25, 0.3) is 0 Å². The number of nitrogens with zero attached hydrogens (tertiary/aromatic N) is 1. The highest BCUT2D eigenvalue weighted by Crippen LogP contribution is 2.19. The van der Waals surface area contributed by atoms with Crippen LogP contribution in [-0.2, 0) is 16.1 Å². The zero-order valence-electron chi connectivity index (χ0n) is 11.9. The molecule has 1 heterocycles. The standard InChI is InChI=1S/C16H21NO3/c1-2-15(18)14-9-6-10-17(11-14)16(19)20-12-13-7-4-3-5-8-13/h3-5,7-8,14H,2,6,9-12H2,1H3. The molecule has 0 aliphatic carbocycles. The van der Waals surface area contributed by atoms with Crippen molar-refractivity contribution in [3.05, 3.63) is 35.9 Å². The van der Waals surface area contributed by atoms with Crippen molar-refractivity contribution in [2.75, 3.05) is 13.1 Å². The van der Waals surface area contributed by atoms with Crippen LogP contribution in [0.3, 0.4) is 0 Å². The molecule has 0 bridgehead atoms. The second kappa shape index (κ2) is 7.08. The summed E-state index contributed by atoms with van der Waals surface area (Å²) in [6, 6.07) is 9.61. The molecule has 0 N–H and O–H groups in total. The van der Waals surface area contributed by atoms with E-state index < -0.39 is 0 Å². The van der Waals surface area contributed by atoms with Crippen molar-refractivity contribution < 1.29 is 14.3 Å². The third kappa shape index (κ3) is 3.83. The maximum Gasteiger partial charge on any atom is 0.410 e. The summed E-state index contributed by atoms with van der Waals surface area (Å²) in [5, 5.41) is 0. The van der Waals surface area contributed by atoms with Gasteiger partial charge in [-0.1, -0.05) is 37.3 Å². The van der Waals surface area contributed by atoms with Gasteiger partial charge in [-0.3, -0.25) is 4.79 Å². The van der Waals surface area contributed by atoms with Gasteiger partial charge in [-0.15, -0.1) is 0 Å². The number of rotatable bonds is 4. The van der Waals surface area contributed by atoms with Crippen LogP contribution in [-0.4, -0.2) is 29.9 Å². The van der Waals surface area contributed by atoms with Gasteiger partial charge in [0.2, 0.25) is 0 Å². The van der Waals surface area contributed by atoms with Crippen molar-refractivity contribution >= 4 is 11.9 Å². The average molecular weight is 275 g/mol. The SMILES string of the molecule is CCC(=O)C1CCCN(C(=O)OCc2ccccc2)C1. The number of amides is 1. The largest absolute Gasteiger partial charge is 0.445 e. The fourth-order valence-corrected chi connectivity index (χ4v) is 2.51. The topological polar surface area (TPSA) is 46.6 Å². The van der Waals surface area contributed by atoms with Crippen LogP contribution < -0.4 is 0 Å². The van der Waals surface area contributed by atoms with Crippen LogP contribution in [0.1, 0.15) is 31.7 Å². The Kier molecular flexibility index (Phi) is 5.16. The Hall–Kier alpha value is -1.84. The van der Waals surface area contributed by atoms with Gasteiger partial charge in [-0.25, -0.2) is 4.79 Å². The average Bonchev–Trinajstić information content (AvgIpc) is 2.53. The molecule has 1 fully saturated rings. The van der Waals surface area contributed by atoms with Crippen LogP contribution in [0.15, 0.2) is 30.3 Å². The zero-order valence-corrected chi connectivity index (χ0v) is 11.9. The maximum atomic E-state index is 12.0. The van der Waals surface area contributed by atoms with Gasteiger partial charge in [-0.05, 0) is 18.4 Å². The Morgan fingerprint density at radius 1 is 1.30 bits per heavy atom. The number of hydrogen-bond acceptors (Lipinski definition) is 3. The molecule has 1 aromatic rings. The second-order valence-electron chi connectivity index (χ2n) is 5.15. The minimum Gasteiger partial charge on any atom is -0.445 e. The fraction of sp³-hybridized carbons (Fsp3) is 0.500. The molecule has 1 atom stereocenters. The molecule has 0 radical (unpaired) electrons. The normalized spacial score (nSPS) is 18.6. The van der Waals surface area contributed by atoms with Crippen molar-refractivity contribution in [1.29, 1.82) is 0 Å². The van der Waals surface area contributed by atoms with Crippen molar-refractivity contribution in [1.82, 2.24) is 4.90 Å². The molecule has 0 spiro atoms. The van der Waals surface area contributed by atoms with E-state index in [2.05, 4.69) is 0 Å².